The molecule has 2 N–H and O–H groups in total. The number of nitrogens with one attached hydrogen (secondary N) is 1. The van der Waals surface area contributed by atoms with Gasteiger partial charge in [-0.2, -0.15) is 0 Å². The molecule has 7 heteroatoms. The van der Waals surface area contributed by atoms with Gasteiger partial charge in [-0.05, 0) is 18.2 Å². The Morgan fingerprint density at radius 2 is 2.21 bits per heavy atom. The number of rotatable bonds is 6. The number of terminal acetylenes is 1. The van der Waals surface area contributed by atoms with E-state index in [2.05, 4.69) is 20.9 Å². The lowest BCUT2D eigenvalue weighted by Gasteiger charge is -2.10. The summed E-state index contributed by atoms with van der Waals surface area (Å²) >= 11 is 0. The standard InChI is InChI=1S/C17H13N3O4/c1-2-7-23-15-8-11(24-10-16(21)22)3-4-12(15)17-19-13-5-6-18-9-14(13)20-17/h1,3-6,8-9H,7,10H2,(H,19,20)(H,21,22). The summed E-state index contributed by atoms with van der Waals surface area (Å²) in [6.45, 7) is -0.374. The van der Waals surface area contributed by atoms with Crippen molar-refractivity contribution in [3.05, 3.63) is 36.7 Å². The Balaban J connectivity index is 1.98. The fourth-order valence-electron chi connectivity index (χ4n) is 2.16. The number of carboxylic acids is 1. The Labute approximate surface area is 137 Å². The number of ether oxygens (including phenoxy) is 2. The van der Waals surface area contributed by atoms with Crippen LogP contribution in [0.15, 0.2) is 36.7 Å². The molecule has 0 bridgehead atoms. The van der Waals surface area contributed by atoms with Gasteiger partial charge in [0.15, 0.2) is 6.61 Å². The van der Waals surface area contributed by atoms with Crippen molar-refractivity contribution in [3.63, 3.8) is 0 Å². The van der Waals surface area contributed by atoms with E-state index in [0.717, 1.165) is 11.0 Å². The van der Waals surface area contributed by atoms with Gasteiger partial charge in [0, 0.05) is 12.3 Å². The predicted molar refractivity (Wildman–Crippen MR) is 86.8 cm³/mol. The molecule has 3 aromatic rings. The van der Waals surface area contributed by atoms with Gasteiger partial charge in [-0.1, -0.05) is 5.92 Å². The van der Waals surface area contributed by atoms with Crippen molar-refractivity contribution in [2.45, 2.75) is 0 Å². The lowest BCUT2D eigenvalue weighted by Crippen LogP contribution is -2.09. The summed E-state index contributed by atoms with van der Waals surface area (Å²) < 4.78 is 10.7. The number of fused-ring (bicyclic) bond motifs is 1. The quantitative estimate of drug-likeness (QED) is 0.674. The smallest absolute Gasteiger partial charge is 0.341 e. The van der Waals surface area contributed by atoms with E-state index in [-0.39, 0.29) is 6.61 Å². The van der Waals surface area contributed by atoms with Crippen molar-refractivity contribution >= 4 is 17.0 Å². The first-order chi connectivity index (χ1) is 11.7. The zero-order valence-corrected chi connectivity index (χ0v) is 12.5. The van der Waals surface area contributed by atoms with E-state index in [1.165, 1.54) is 0 Å². The highest BCUT2D eigenvalue weighted by atomic mass is 16.5. The monoisotopic (exact) mass is 323 g/mol. The van der Waals surface area contributed by atoms with Gasteiger partial charge in [-0.3, -0.25) is 4.98 Å². The fourth-order valence-corrected chi connectivity index (χ4v) is 2.16. The molecule has 0 fully saturated rings. The molecule has 0 amide bonds. The van der Waals surface area contributed by atoms with Gasteiger partial charge in [-0.15, -0.1) is 6.42 Å². The zero-order chi connectivity index (χ0) is 16.9. The number of hydrogen-bond acceptors (Lipinski definition) is 5. The van der Waals surface area contributed by atoms with Crippen molar-refractivity contribution < 1.29 is 19.4 Å². The largest absolute Gasteiger partial charge is 0.482 e. The summed E-state index contributed by atoms with van der Waals surface area (Å²) in [5, 5.41) is 8.70. The van der Waals surface area contributed by atoms with Crippen LogP contribution < -0.4 is 9.47 Å². The SMILES string of the molecule is C#CCOc1cc(OCC(=O)O)ccc1-c1nc2ccncc2[nH]1. The summed E-state index contributed by atoms with van der Waals surface area (Å²) in [4.78, 5) is 22.3. The normalized spacial score (nSPS) is 10.3. The van der Waals surface area contributed by atoms with Crippen LogP contribution in [0.25, 0.3) is 22.4 Å². The Kier molecular flexibility index (Phi) is 4.29. The molecule has 0 aliphatic carbocycles. The van der Waals surface area contributed by atoms with Gasteiger partial charge in [0.1, 0.15) is 23.9 Å². The van der Waals surface area contributed by atoms with Crippen LogP contribution in [0.5, 0.6) is 11.5 Å². The highest BCUT2D eigenvalue weighted by Gasteiger charge is 2.13. The number of aliphatic carboxylic acids is 1. The van der Waals surface area contributed by atoms with Gasteiger partial charge in [0.05, 0.1) is 22.8 Å². The Morgan fingerprint density at radius 3 is 2.96 bits per heavy atom. The molecular weight excluding hydrogens is 310 g/mol. The molecule has 7 nitrogen and oxygen atoms in total. The number of aromatic nitrogens is 3. The van der Waals surface area contributed by atoms with E-state index < -0.39 is 12.6 Å². The van der Waals surface area contributed by atoms with Crippen LogP contribution in [-0.2, 0) is 4.79 Å². The van der Waals surface area contributed by atoms with Crippen LogP contribution in [0.1, 0.15) is 0 Å². The van der Waals surface area contributed by atoms with E-state index in [4.69, 9.17) is 21.0 Å². The molecule has 24 heavy (non-hydrogen) atoms. The molecule has 0 unspecified atom stereocenters. The van der Waals surface area contributed by atoms with Crippen LogP contribution in [0.2, 0.25) is 0 Å². The molecule has 0 spiro atoms. The molecule has 0 saturated heterocycles. The molecule has 0 aliphatic rings. The molecule has 2 aromatic heterocycles. The topological polar surface area (TPSA) is 97.3 Å². The van der Waals surface area contributed by atoms with Gasteiger partial charge in [0.2, 0.25) is 0 Å². The second-order valence-corrected chi connectivity index (χ2v) is 4.81. The van der Waals surface area contributed by atoms with Crippen molar-refractivity contribution in [2.75, 3.05) is 13.2 Å². The molecule has 0 atom stereocenters. The molecule has 0 radical (unpaired) electrons. The third-order valence-corrected chi connectivity index (χ3v) is 3.16. The van der Waals surface area contributed by atoms with Crippen molar-refractivity contribution in [1.29, 1.82) is 0 Å². The maximum Gasteiger partial charge on any atom is 0.341 e. The maximum atomic E-state index is 10.6. The first-order valence-electron chi connectivity index (χ1n) is 7.02. The molecule has 3 rings (SSSR count). The molecule has 0 aliphatic heterocycles. The summed E-state index contributed by atoms with van der Waals surface area (Å²) in [5.41, 5.74) is 2.25. The zero-order valence-electron chi connectivity index (χ0n) is 12.5. The number of pyridine rings is 1. The van der Waals surface area contributed by atoms with Crippen LogP contribution >= 0.6 is 0 Å². The van der Waals surface area contributed by atoms with E-state index in [0.29, 0.717) is 22.9 Å². The van der Waals surface area contributed by atoms with E-state index >= 15 is 0 Å². The first kappa shape index (κ1) is 15.4. The lowest BCUT2D eigenvalue weighted by atomic mass is 10.2. The van der Waals surface area contributed by atoms with Crippen LogP contribution in [0, 0.1) is 12.3 Å². The number of carboxylic acid groups (broad SMARTS) is 1. The summed E-state index contributed by atoms with van der Waals surface area (Å²) in [7, 11) is 0. The van der Waals surface area contributed by atoms with E-state index in [9.17, 15) is 4.79 Å². The number of benzene rings is 1. The van der Waals surface area contributed by atoms with Crippen molar-refractivity contribution in [3.8, 4) is 35.2 Å². The number of hydrogen-bond donors (Lipinski definition) is 2. The summed E-state index contributed by atoms with van der Waals surface area (Å²) in [6, 6.07) is 6.75. The minimum Gasteiger partial charge on any atom is -0.482 e. The molecule has 0 saturated carbocycles. The number of imidazole rings is 1. The number of aromatic amines is 1. The first-order valence-corrected chi connectivity index (χ1v) is 7.02. The fraction of sp³-hybridized carbons (Fsp3) is 0.118. The second kappa shape index (κ2) is 6.71. The summed E-state index contributed by atoms with van der Waals surface area (Å²) in [6.07, 6.45) is 8.58. The van der Waals surface area contributed by atoms with Crippen LogP contribution in [0.3, 0.4) is 0 Å². The Morgan fingerprint density at radius 1 is 1.33 bits per heavy atom. The number of nitrogens with zero attached hydrogens (tertiary/aromatic N) is 2. The van der Waals surface area contributed by atoms with Gasteiger partial charge < -0.3 is 19.6 Å². The van der Waals surface area contributed by atoms with E-state index in [1.54, 1.807) is 36.7 Å². The Hall–Kier alpha value is -3.53. The van der Waals surface area contributed by atoms with Crippen LogP contribution in [0.4, 0.5) is 0 Å². The number of H-pyrrole nitrogens is 1. The minimum absolute atomic E-state index is 0.0666. The lowest BCUT2D eigenvalue weighted by molar-refractivity contribution is -0.139. The minimum atomic E-state index is -1.06. The van der Waals surface area contributed by atoms with Gasteiger partial charge in [-0.25, -0.2) is 9.78 Å². The van der Waals surface area contributed by atoms with Gasteiger partial charge >= 0.3 is 5.97 Å². The molecule has 1 aromatic carbocycles. The average Bonchev–Trinajstić information content (AvgIpc) is 3.02. The van der Waals surface area contributed by atoms with Crippen molar-refractivity contribution in [1.82, 2.24) is 15.0 Å². The van der Waals surface area contributed by atoms with E-state index in [1.807, 2.05) is 0 Å². The van der Waals surface area contributed by atoms with Crippen LogP contribution in [-0.4, -0.2) is 39.2 Å². The predicted octanol–water partition coefficient (Wildman–Crippen LogP) is 2.10. The second-order valence-electron chi connectivity index (χ2n) is 4.81. The number of carbonyl (C=O) groups is 1. The van der Waals surface area contributed by atoms with Gasteiger partial charge in [0.25, 0.3) is 0 Å². The third kappa shape index (κ3) is 3.28. The Bertz CT molecular complexity index is 894. The maximum absolute atomic E-state index is 10.6. The third-order valence-electron chi connectivity index (χ3n) is 3.16. The molecular formula is C17H13N3O4. The highest BCUT2D eigenvalue weighted by molar-refractivity contribution is 5.80. The average molecular weight is 323 g/mol. The molecule has 120 valence electrons. The summed E-state index contributed by atoms with van der Waals surface area (Å²) in [5.74, 6) is 2.74. The molecule has 2 heterocycles. The highest BCUT2D eigenvalue weighted by Crippen LogP contribution is 2.33. The van der Waals surface area contributed by atoms with Crippen molar-refractivity contribution in [2.24, 2.45) is 0 Å².